The maximum atomic E-state index is 12.4. The van der Waals surface area contributed by atoms with Crippen molar-refractivity contribution in [3.63, 3.8) is 0 Å². The lowest BCUT2D eigenvalue weighted by molar-refractivity contribution is -0.125. The van der Waals surface area contributed by atoms with Gasteiger partial charge in [-0.1, -0.05) is 55.0 Å². The van der Waals surface area contributed by atoms with Crippen LogP contribution in [-0.4, -0.2) is 5.78 Å². The third-order valence-corrected chi connectivity index (χ3v) is 4.62. The average molecular weight is 293 g/mol. The molecule has 2 nitrogen and oxygen atoms in total. The number of Topliss-reactive ketones (excluding diaryl/α,β-unsaturated/α-hetero) is 1. The fourth-order valence-corrected chi connectivity index (χ4v) is 3.34. The molecule has 0 radical (unpaired) electrons. The molecule has 2 unspecified atom stereocenters. The van der Waals surface area contributed by atoms with E-state index in [1.165, 1.54) is 11.1 Å². The molecule has 2 atom stereocenters. The van der Waals surface area contributed by atoms with Gasteiger partial charge in [0.1, 0.15) is 5.78 Å². The van der Waals surface area contributed by atoms with E-state index in [1.54, 1.807) is 0 Å². The van der Waals surface area contributed by atoms with Gasteiger partial charge >= 0.3 is 0 Å². The number of rotatable bonds is 4. The largest absolute Gasteiger partial charge is 0.377 e. The van der Waals surface area contributed by atoms with Crippen molar-refractivity contribution >= 4 is 11.5 Å². The van der Waals surface area contributed by atoms with E-state index in [4.69, 9.17) is 0 Å². The van der Waals surface area contributed by atoms with Crippen LogP contribution >= 0.6 is 0 Å². The Morgan fingerprint density at radius 1 is 1.00 bits per heavy atom. The molecule has 0 bridgehead atoms. The highest BCUT2D eigenvalue weighted by molar-refractivity contribution is 5.83. The Labute approximate surface area is 132 Å². The standard InChI is InChI=1S/C20H23NO/c1-15-9-5-7-13-18(15)21-20(16-10-3-2-4-11-16)17-12-6-8-14-19(17)22/h2-5,7,9-11,13,17,20-21H,6,8,12,14H2,1H3. The molecule has 0 heterocycles. The molecule has 2 aromatic carbocycles. The lowest BCUT2D eigenvalue weighted by atomic mass is 9.80. The van der Waals surface area contributed by atoms with E-state index < -0.39 is 0 Å². The summed E-state index contributed by atoms with van der Waals surface area (Å²) in [7, 11) is 0. The Morgan fingerprint density at radius 3 is 2.45 bits per heavy atom. The van der Waals surface area contributed by atoms with E-state index in [0.29, 0.717) is 5.78 Å². The summed E-state index contributed by atoms with van der Waals surface area (Å²) in [5, 5.41) is 3.64. The highest BCUT2D eigenvalue weighted by Crippen LogP contribution is 2.35. The summed E-state index contributed by atoms with van der Waals surface area (Å²) < 4.78 is 0. The number of carbonyl (C=O) groups excluding carboxylic acids is 1. The van der Waals surface area contributed by atoms with Gasteiger partial charge in [-0.3, -0.25) is 4.79 Å². The third kappa shape index (κ3) is 3.22. The van der Waals surface area contributed by atoms with Gasteiger partial charge in [0.25, 0.3) is 0 Å². The molecule has 1 saturated carbocycles. The average Bonchev–Trinajstić information content (AvgIpc) is 2.56. The SMILES string of the molecule is Cc1ccccc1NC(c1ccccc1)C1CCCCC1=O. The van der Waals surface area contributed by atoms with Crippen LogP contribution in [0.15, 0.2) is 54.6 Å². The second-order valence-electron chi connectivity index (χ2n) is 6.17. The molecule has 1 fully saturated rings. The number of anilines is 1. The van der Waals surface area contributed by atoms with Gasteiger partial charge < -0.3 is 5.32 Å². The number of ketones is 1. The zero-order valence-corrected chi connectivity index (χ0v) is 13.1. The van der Waals surface area contributed by atoms with E-state index >= 15 is 0 Å². The summed E-state index contributed by atoms with van der Waals surface area (Å²) in [6, 6.07) is 18.7. The summed E-state index contributed by atoms with van der Waals surface area (Å²) >= 11 is 0. The fourth-order valence-electron chi connectivity index (χ4n) is 3.34. The maximum Gasteiger partial charge on any atom is 0.138 e. The monoisotopic (exact) mass is 293 g/mol. The molecule has 2 aromatic rings. The molecule has 1 aliphatic carbocycles. The Hall–Kier alpha value is -2.09. The minimum Gasteiger partial charge on any atom is -0.377 e. The summed E-state index contributed by atoms with van der Waals surface area (Å²) in [5.74, 6) is 0.483. The minimum atomic E-state index is 0.0649. The van der Waals surface area contributed by atoms with E-state index in [0.717, 1.165) is 31.4 Å². The lowest BCUT2D eigenvalue weighted by Crippen LogP contribution is -2.30. The number of benzene rings is 2. The van der Waals surface area contributed by atoms with Crippen LogP contribution in [0.3, 0.4) is 0 Å². The molecule has 3 rings (SSSR count). The summed E-state index contributed by atoms with van der Waals surface area (Å²) in [4.78, 5) is 12.4. The van der Waals surface area contributed by atoms with Gasteiger partial charge in [-0.05, 0) is 37.0 Å². The zero-order valence-electron chi connectivity index (χ0n) is 13.1. The molecule has 2 heteroatoms. The van der Waals surface area contributed by atoms with Gasteiger partial charge in [-0.15, -0.1) is 0 Å². The van der Waals surface area contributed by atoms with Crippen LogP contribution in [0, 0.1) is 12.8 Å². The molecule has 0 spiro atoms. The molecule has 1 aliphatic rings. The van der Waals surface area contributed by atoms with Crippen molar-refractivity contribution in [2.45, 2.75) is 38.6 Å². The second kappa shape index (κ2) is 6.78. The third-order valence-electron chi connectivity index (χ3n) is 4.62. The number of aryl methyl sites for hydroxylation is 1. The molecular formula is C20H23NO. The summed E-state index contributed by atoms with van der Waals surface area (Å²) in [6.07, 6.45) is 3.90. The van der Waals surface area contributed by atoms with E-state index in [1.807, 2.05) is 18.2 Å². The molecule has 0 aromatic heterocycles. The van der Waals surface area contributed by atoms with Crippen molar-refractivity contribution < 1.29 is 4.79 Å². The Kier molecular flexibility index (Phi) is 4.57. The van der Waals surface area contributed by atoms with Crippen molar-refractivity contribution in [3.8, 4) is 0 Å². The van der Waals surface area contributed by atoms with Crippen LogP contribution in [0.25, 0.3) is 0 Å². The Balaban J connectivity index is 1.93. The van der Waals surface area contributed by atoms with Crippen LogP contribution in [0.4, 0.5) is 5.69 Å². The number of carbonyl (C=O) groups is 1. The summed E-state index contributed by atoms with van der Waals surface area (Å²) in [6.45, 7) is 2.10. The molecule has 22 heavy (non-hydrogen) atoms. The first kappa shape index (κ1) is 14.8. The smallest absolute Gasteiger partial charge is 0.138 e. The molecule has 0 saturated heterocycles. The van der Waals surface area contributed by atoms with Crippen molar-refractivity contribution in [3.05, 3.63) is 65.7 Å². The van der Waals surface area contributed by atoms with E-state index in [2.05, 4.69) is 48.6 Å². The van der Waals surface area contributed by atoms with Crippen molar-refractivity contribution in [1.29, 1.82) is 0 Å². The van der Waals surface area contributed by atoms with Crippen LogP contribution in [-0.2, 0) is 4.79 Å². The molecule has 0 amide bonds. The minimum absolute atomic E-state index is 0.0649. The molecular weight excluding hydrogens is 270 g/mol. The zero-order chi connectivity index (χ0) is 15.4. The van der Waals surface area contributed by atoms with Crippen LogP contribution in [0.2, 0.25) is 0 Å². The molecule has 0 aliphatic heterocycles. The first-order valence-corrected chi connectivity index (χ1v) is 8.15. The fraction of sp³-hybridized carbons (Fsp3) is 0.350. The predicted octanol–water partition coefficient (Wildman–Crippen LogP) is 4.91. The Bertz CT molecular complexity index is 635. The highest BCUT2D eigenvalue weighted by Gasteiger charge is 2.31. The van der Waals surface area contributed by atoms with Crippen molar-refractivity contribution in [2.75, 3.05) is 5.32 Å². The molecule has 114 valence electrons. The number of para-hydroxylation sites is 1. The van der Waals surface area contributed by atoms with Crippen molar-refractivity contribution in [1.82, 2.24) is 0 Å². The number of hydrogen-bond donors (Lipinski definition) is 1. The first-order chi connectivity index (χ1) is 10.8. The number of hydrogen-bond acceptors (Lipinski definition) is 2. The van der Waals surface area contributed by atoms with Crippen LogP contribution < -0.4 is 5.32 Å². The topological polar surface area (TPSA) is 29.1 Å². The lowest BCUT2D eigenvalue weighted by Gasteiger charge is -2.31. The predicted molar refractivity (Wildman–Crippen MR) is 90.9 cm³/mol. The summed E-state index contributed by atoms with van der Waals surface area (Å²) in [5.41, 5.74) is 3.53. The van der Waals surface area contributed by atoms with Gasteiger partial charge in [-0.25, -0.2) is 0 Å². The van der Waals surface area contributed by atoms with Crippen molar-refractivity contribution in [2.24, 2.45) is 5.92 Å². The quantitative estimate of drug-likeness (QED) is 0.868. The van der Waals surface area contributed by atoms with Gasteiger partial charge in [0.15, 0.2) is 0 Å². The van der Waals surface area contributed by atoms with Gasteiger partial charge in [0, 0.05) is 18.0 Å². The number of nitrogens with one attached hydrogen (secondary N) is 1. The second-order valence-corrected chi connectivity index (χ2v) is 6.17. The van der Waals surface area contributed by atoms with E-state index in [9.17, 15) is 4.79 Å². The van der Waals surface area contributed by atoms with Gasteiger partial charge in [0.05, 0.1) is 6.04 Å². The highest BCUT2D eigenvalue weighted by atomic mass is 16.1. The van der Waals surface area contributed by atoms with Gasteiger partial charge in [0.2, 0.25) is 0 Å². The maximum absolute atomic E-state index is 12.4. The first-order valence-electron chi connectivity index (χ1n) is 8.15. The van der Waals surface area contributed by atoms with E-state index in [-0.39, 0.29) is 12.0 Å². The molecule has 1 N–H and O–H groups in total. The van der Waals surface area contributed by atoms with Gasteiger partial charge in [-0.2, -0.15) is 0 Å². The van der Waals surface area contributed by atoms with Crippen LogP contribution in [0.5, 0.6) is 0 Å². The van der Waals surface area contributed by atoms with Crippen LogP contribution in [0.1, 0.15) is 42.9 Å². The Morgan fingerprint density at radius 2 is 1.73 bits per heavy atom. The normalized spacial score (nSPS) is 19.7.